The zero-order valence-corrected chi connectivity index (χ0v) is 12.4. The minimum atomic E-state index is 0.708. The highest BCUT2D eigenvalue weighted by atomic mass is 15.2. The van der Waals surface area contributed by atoms with Crippen LogP contribution in [0.5, 0.6) is 0 Å². The highest BCUT2D eigenvalue weighted by molar-refractivity contribution is 4.96. The first kappa shape index (κ1) is 12.9. The van der Waals surface area contributed by atoms with Crippen molar-refractivity contribution in [2.24, 2.45) is 23.7 Å². The quantitative estimate of drug-likeness (QED) is 0.828. The monoisotopic (exact) mass is 250 g/mol. The van der Waals surface area contributed by atoms with E-state index in [2.05, 4.69) is 31.0 Å². The molecule has 1 saturated heterocycles. The molecule has 2 heteroatoms. The highest BCUT2D eigenvalue weighted by Gasteiger charge is 2.43. The van der Waals surface area contributed by atoms with E-state index in [1.165, 1.54) is 38.9 Å². The van der Waals surface area contributed by atoms with Crippen LogP contribution < -0.4 is 5.32 Å². The molecule has 1 N–H and O–H groups in total. The van der Waals surface area contributed by atoms with E-state index in [0.717, 1.165) is 29.7 Å². The third kappa shape index (κ3) is 2.34. The van der Waals surface area contributed by atoms with Gasteiger partial charge in [0.25, 0.3) is 0 Å². The number of nitrogens with zero attached hydrogens (tertiary/aromatic N) is 1. The molecular weight excluding hydrogens is 220 g/mol. The van der Waals surface area contributed by atoms with E-state index < -0.39 is 0 Å². The van der Waals surface area contributed by atoms with Gasteiger partial charge in [0.15, 0.2) is 0 Å². The molecule has 1 aliphatic heterocycles. The molecule has 3 fully saturated rings. The molecule has 1 heterocycles. The maximum Gasteiger partial charge on any atom is 0.0218 e. The second-order valence-corrected chi connectivity index (χ2v) is 7.38. The van der Waals surface area contributed by atoms with Gasteiger partial charge < -0.3 is 5.32 Å². The molecule has 0 aromatic carbocycles. The molecule has 0 aromatic rings. The van der Waals surface area contributed by atoms with Gasteiger partial charge in [0, 0.05) is 31.7 Å². The lowest BCUT2D eigenvalue weighted by Crippen LogP contribution is -2.56. The highest BCUT2D eigenvalue weighted by Crippen LogP contribution is 2.50. The van der Waals surface area contributed by atoms with Crippen LogP contribution in [-0.4, -0.2) is 36.6 Å². The first-order valence-electron chi connectivity index (χ1n) is 8.12. The fourth-order valence-electron chi connectivity index (χ4n) is 4.77. The van der Waals surface area contributed by atoms with Crippen molar-refractivity contribution in [3.63, 3.8) is 0 Å². The van der Waals surface area contributed by atoms with Crippen LogP contribution in [0, 0.1) is 23.7 Å². The predicted molar refractivity (Wildman–Crippen MR) is 76.6 cm³/mol. The van der Waals surface area contributed by atoms with Crippen molar-refractivity contribution in [2.45, 2.75) is 58.5 Å². The summed E-state index contributed by atoms with van der Waals surface area (Å²) in [6.07, 6.45) is 6.14. The van der Waals surface area contributed by atoms with Gasteiger partial charge in [-0.3, -0.25) is 4.90 Å². The molecule has 3 rings (SSSR count). The summed E-state index contributed by atoms with van der Waals surface area (Å²) in [4.78, 5) is 2.78. The van der Waals surface area contributed by atoms with Gasteiger partial charge in [-0.2, -0.15) is 0 Å². The lowest BCUT2D eigenvalue weighted by molar-refractivity contribution is 0.0796. The summed E-state index contributed by atoms with van der Waals surface area (Å²) in [6, 6.07) is 1.53. The second-order valence-electron chi connectivity index (χ2n) is 7.38. The van der Waals surface area contributed by atoms with Crippen LogP contribution in [-0.2, 0) is 0 Å². The number of hydrogen-bond acceptors (Lipinski definition) is 2. The summed E-state index contributed by atoms with van der Waals surface area (Å²) in [6.45, 7) is 10.9. The zero-order valence-electron chi connectivity index (χ0n) is 12.4. The van der Waals surface area contributed by atoms with E-state index >= 15 is 0 Å². The van der Waals surface area contributed by atoms with Gasteiger partial charge in [-0.1, -0.05) is 20.3 Å². The molecule has 5 atom stereocenters. The summed E-state index contributed by atoms with van der Waals surface area (Å²) in [5.41, 5.74) is 0. The predicted octanol–water partition coefficient (Wildman–Crippen LogP) is 2.74. The van der Waals surface area contributed by atoms with E-state index in [0.29, 0.717) is 6.04 Å². The van der Waals surface area contributed by atoms with Crippen LogP contribution in [0.4, 0.5) is 0 Å². The summed E-state index contributed by atoms with van der Waals surface area (Å²) in [5.74, 6) is 3.93. The van der Waals surface area contributed by atoms with Crippen molar-refractivity contribution in [2.75, 3.05) is 19.6 Å². The molecule has 2 aliphatic carbocycles. The van der Waals surface area contributed by atoms with Gasteiger partial charge in [-0.25, -0.2) is 0 Å². The van der Waals surface area contributed by atoms with Crippen LogP contribution in [0.25, 0.3) is 0 Å². The largest absolute Gasteiger partial charge is 0.311 e. The van der Waals surface area contributed by atoms with Gasteiger partial charge in [0.05, 0.1) is 0 Å². The topological polar surface area (TPSA) is 15.3 Å². The summed E-state index contributed by atoms with van der Waals surface area (Å²) in [7, 11) is 0. The van der Waals surface area contributed by atoms with Crippen molar-refractivity contribution < 1.29 is 0 Å². The van der Waals surface area contributed by atoms with Gasteiger partial charge in [0.1, 0.15) is 0 Å². The maximum atomic E-state index is 3.69. The SMILES string of the molecule is CC(C)C1CN(C(C)C2CC3CCC2C3)CCN1. The van der Waals surface area contributed by atoms with Crippen LogP contribution in [0.2, 0.25) is 0 Å². The van der Waals surface area contributed by atoms with E-state index in [-0.39, 0.29) is 0 Å². The minimum Gasteiger partial charge on any atom is -0.311 e. The molecule has 5 unspecified atom stereocenters. The fraction of sp³-hybridized carbons (Fsp3) is 1.00. The molecule has 18 heavy (non-hydrogen) atoms. The maximum absolute atomic E-state index is 3.69. The Labute approximate surface area is 113 Å². The molecule has 104 valence electrons. The van der Waals surface area contributed by atoms with Crippen molar-refractivity contribution in [3.8, 4) is 0 Å². The molecule has 0 spiro atoms. The Kier molecular flexibility index (Phi) is 3.68. The van der Waals surface area contributed by atoms with Crippen LogP contribution in [0.15, 0.2) is 0 Å². The average molecular weight is 250 g/mol. The van der Waals surface area contributed by atoms with E-state index in [1.807, 2.05) is 0 Å². The summed E-state index contributed by atoms with van der Waals surface area (Å²) in [5, 5.41) is 3.69. The Balaban J connectivity index is 1.60. The summed E-state index contributed by atoms with van der Waals surface area (Å²) < 4.78 is 0. The Bertz CT molecular complexity index is 289. The normalized spacial score (nSPS) is 42.7. The lowest BCUT2D eigenvalue weighted by Gasteiger charge is -2.43. The fourth-order valence-corrected chi connectivity index (χ4v) is 4.77. The van der Waals surface area contributed by atoms with Crippen LogP contribution in [0.1, 0.15) is 46.5 Å². The number of fused-ring (bicyclic) bond motifs is 2. The summed E-state index contributed by atoms with van der Waals surface area (Å²) >= 11 is 0. The number of nitrogens with one attached hydrogen (secondary N) is 1. The Morgan fingerprint density at radius 1 is 1.11 bits per heavy atom. The van der Waals surface area contributed by atoms with E-state index in [4.69, 9.17) is 0 Å². The number of hydrogen-bond donors (Lipinski definition) is 1. The van der Waals surface area contributed by atoms with E-state index in [1.54, 1.807) is 6.42 Å². The van der Waals surface area contributed by atoms with Crippen molar-refractivity contribution in [1.29, 1.82) is 0 Å². The minimum absolute atomic E-state index is 0.708. The van der Waals surface area contributed by atoms with Gasteiger partial charge in [-0.05, 0) is 49.9 Å². The zero-order chi connectivity index (χ0) is 12.7. The molecule has 3 aliphatic rings. The Hall–Kier alpha value is -0.0800. The third-order valence-corrected chi connectivity index (χ3v) is 6.03. The number of rotatable bonds is 3. The van der Waals surface area contributed by atoms with Gasteiger partial charge in [-0.15, -0.1) is 0 Å². The lowest BCUT2D eigenvalue weighted by atomic mass is 9.83. The molecule has 0 amide bonds. The molecule has 0 aromatic heterocycles. The van der Waals surface area contributed by atoms with Crippen molar-refractivity contribution in [3.05, 3.63) is 0 Å². The van der Waals surface area contributed by atoms with Crippen LogP contribution >= 0.6 is 0 Å². The first-order valence-corrected chi connectivity index (χ1v) is 8.12. The molecular formula is C16H30N2. The standard InChI is InChI=1S/C16H30N2/c1-11(2)16-10-18(7-6-17-16)12(3)15-9-13-4-5-14(15)8-13/h11-17H,4-10H2,1-3H3. The first-order chi connectivity index (χ1) is 8.65. The smallest absolute Gasteiger partial charge is 0.0218 e. The second kappa shape index (κ2) is 5.13. The molecule has 2 saturated carbocycles. The Morgan fingerprint density at radius 2 is 1.94 bits per heavy atom. The van der Waals surface area contributed by atoms with Gasteiger partial charge in [0.2, 0.25) is 0 Å². The van der Waals surface area contributed by atoms with E-state index in [9.17, 15) is 0 Å². The third-order valence-electron chi connectivity index (χ3n) is 6.03. The molecule has 2 nitrogen and oxygen atoms in total. The van der Waals surface area contributed by atoms with Crippen LogP contribution in [0.3, 0.4) is 0 Å². The van der Waals surface area contributed by atoms with Gasteiger partial charge >= 0.3 is 0 Å². The molecule has 0 radical (unpaired) electrons. The Morgan fingerprint density at radius 3 is 2.56 bits per heavy atom. The van der Waals surface area contributed by atoms with Crippen molar-refractivity contribution >= 4 is 0 Å². The number of piperazine rings is 1. The average Bonchev–Trinajstić information content (AvgIpc) is 3.00. The molecule has 2 bridgehead atoms. The van der Waals surface area contributed by atoms with Crippen molar-refractivity contribution in [1.82, 2.24) is 10.2 Å².